The van der Waals surface area contributed by atoms with Crippen LogP contribution in [0.2, 0.25) is 0 Å². The van der Waals surface area contributed by atoms with E-state index in [0.717, 1.165) is 0 Å². The molecule has 2 aliphatic heterocycles. The summed E-state index contributed by atoms with van der Waals surface area (Å²) in [6.45, 7) is 14.9. The number of hydrogen-bond acceptors (Lipinski definition) is 8. The van der Waals surface area contributed by atoms with Gasteiger partial charge in [0.25, 0.3) is 0 Å². The summed E-state index contributed by atoms with van der Waals surface area (Å²) in [5.41, 5.74) is 0. The lowest BCUT2D eigenvalue weighted by molar-refractivity contribution is -0.0587. The normalized spacial score (nSPS) is 37.2. The van der Waals surface area contributed by atoms with Crippen LogP contribution < -0.4 is 0 Å². The van der Waals surface area contributed by atoms with Gasteiger partial charge >= 0.3 is 7.82 Å². The quantitative estimate of drug-likeness (QED) is 0.392. The highest BCUT2D eigenvalue weighted by molar-refractivity contribution is 7.47. The van der Waals surface area contributed by atoms with Crippen molar-refractivity contribution in [3.63, 3.8) is 0 Å². The fraction of sp³-hybridized carbons (Fsp3) is 0.895. The van der Waals surface area contributed by atoms with Crippen LogP contribution in [0.5, 0.6) is 0 Å². The lowest BCUT2D eigenvalue weighted by Crippen LogP contribution is -2.37. The van der Waals surface area contributed by atoms with E-state index in [-0.39, 0.29) is 36.8 Å². The van der Waals surface area contributed by atoms with Crippen molar-refractivity contribution in [3.8, 4) is 0 Å². The van der Waals surface area contributed by atoms with Gasteiger partial charge in [-0.3, -0.25) is 9.42 Å². The van der Waals surface area contributed by atoms with Gasteiger partial charge in [0.1, 0.15) is 30.2 Å². The second-order valence-corrected chi connectivity index (χ2v) is 9.51. The molecule has 0 amide bonds. The number of phosphoric ester groups is 1. The van der Waals surface area contributed by atoms with E-state index in [4.69, 9.17) is 28.0 Å². The third-order valence-corrected chi connectivity index (χ3v) is 5.67. The summed E-state index contributed by atoms with van der Waals surface area (Å²) in [7, 11) is -4.61. The molecular weight excluding hydrogens is 403 g/mol. The molecule has 2 saturated heterocycles. The molecule has 0 radical (unpaired) electrons. The number of phosphoric acid groups is 1. The molecule has 0 aromatic heterocycles. The molecule has 2 fully saturated rings. The van der Waals surface area contributed by atoms with Gasteiger partial charge < -0.3 is 28.6 Å². The van der Waals surface area contributed by atoms with Gasteiger partial charge in [0.15, 0.2) is 0 Å². The lowest BCUT2D eigenvalue weighted by atomic mass is 10.1. The van der Waals surface area contributed by atoms with E-state index in [1.807, 2.05) is 34.6 Å². The second kappa shape index (κ2) is 10.2. The van der Waals surface area contributed by atoms with Crippen LogP contribution >= 0.6 is 7.82 Å². The molecule has 0 saturated carbocycles. The molecule has 2 N–H and O–H groups in total. The number of ether oxygens (including phenoxy) is 4. The summed E-state index contributed by atoms with van der Waals surface area (Å²) < 4.78 is 45.8. The van der Waals surface area contributed by atoms with E-state index in [0.29, 0.717) is 6.42 Å². The average molecular weight is 438 g/mol. The summed E-state index contributed by atoms with van der Waals surface area (Å²) in [6, 6.07) is 0. The van der Waals surface area contributed by atoms with E-state index in [1.54, 1.807) is 6.92 Å². The molecule has 8 unspecified atom stereocenters. The summed E-state index contributed by atoms with van der Waals surface area (Å²) >= 11 is 0. The Hall–Kier alpha value is -0.510. The highest BCUT2D eigenvalue weighted by atomic mass is 31.2. The molecule has 0 aliphatic carbocycles. The number of rotatable bonds is 10. The van der Waals surface area contributed by atoms with Crippen LogP contribution in [0.4, 0.5) is 0 Å². The van der Waals surface area contributed by atoms with Crippen LogP contribution in [-0.4, -0.2) is 71.5 Å². The number of aliphatic hydroxyl groups excluding tert-OH is 1. The Labute approximate surface area is 172 Å². The molecule has 0 aromatic carbocycles. The molecular formula is C19H35O9P. The monoisotopic (exact) mass is 438 g/mol. The van der Waals surface area contributed by atoms with Crippen LogP contribution in [0.3, 0.4) is 0 Å². The molecule has 0 bridgehead atoms. The topological polar surface area (TPSA) is 113 Å². The largest absolute Gasteiger partial charge is 0.527 e. The Morgan fingerprint density at radius 1 is 1.21 bits per heavy atom. The molecule has 10 heteroatoms. The third-order valence-electron chi connectivity index (χ3n) is 4.70. The van der Waals surface area contributed by atoms with Gasteiger partial charge in [0.2, 0.25) is 0 Å². The highest BCUT2D eigenvalue weighted by Crippen LogP contribution is 2.50. The Morgan fingerprint density at radius 2 is 1.86 bits per heavy atom. The molecule has 9 nitrogen and oxygen atoms in total. The summed E-state index contributed by atoms with van der Waals surface area (Å²) in [5.74, 6) is -0.0535. The Morgan fingerprint density at radius 3 is 2.45 bits per heavy atom. The summed E-state index contributed by atoms with van der Waals surface area (Å²) in [6.07, 6.45) is -4.11. The predicted molar refractivity (Wildman–Crippen MR) is 105 cm³/mol. The molecule has 170 valence electrons. The molecule has 0 aromatic rings. The van der Waals surface area contributed by atoms with E-state index in [9.17, 15) is 14.6 Å². The smallest absolute Gasteiger partial charge is 0.406 e. The third kappa shape index (κ3) is 7.01. The minimum Gasteiger partial charge on any atom is -0.406 e. The van der Waals surface area contributed by atoms with Crippen molar-refractivity contribution < 1.29 is 42.6 Å². The standard InChI is InChI=1S/C19H35O9P/c1-10(2)23-9-16-19(17(20)13(6)26-16)28-29(21,22)27-14(7)18-15(24-11(3)4)8-12(5)25-18/h10-13,15-20H,7-9H2,1-6H3,(H,21,22). The van der Waals surface area contributed by atoms with Crippen molar-refractivity contribution in [1.29, 1.82) is 0 Å². The minimum absolute atomic E-state index is 0.0460. The first-order valence-electron chi connectivity index (χ1n) is 10.0. The van der Waals surface area contributed by atoms with E-state index in [2.05, 4.69) is 6.58 Å². The summed E-state index contributed by atoms with van der Waals surface area (Å²) in [5, 5.41) is 10.3. The van der Waals surface area contributed by atoms with Crippen molar-refractivity contribution in [2.24, 2.45) is 0 Å². The fourth-order valence-electron chi connectivity index (χ4n) is 3.45. The predicted octanol–water partition coefficient (Wildman–Crippen LogP) is 2.55. The Kier molecular flexibility index (Phi) is 8.71. The summed E-state index contributed by atoms with van der Waals surface area (Å²) in [4.78, 5) is 10.3. The minimum atomic E-state index is -4.61. The van der Waals surface area contributed by atoms with Crippen LogP contribution in [0.15, 0.2) is 12.3 Å². The van der Waals surface area contributed by atoms with Gasteiger partial charge in [-0.25, -0.2) is 4.57 Å². The van der Waals surface area contributed by atoms with E-state index in [1.165, 1.54) is 0 Å². The molecule has 2 rings (SSSR count). The number of aliphatic hydroxyl groups is 1. The van der Waals surface area contributed by atoms with Crippen LogP contribution in [0.25, 0.3) is 0 Å². The van der Waals surface area contributed by atoms with Gasteiger partial charge in [-0.15, -0.1) is 0 Å². The fourth-order valence-corrected chi connectivity index (χ4v) is 4.46. The highest BCUT2D eigenvalue weighted by Gasteiger charge is 2.48. The van der Waals surface area contributed by atoms with Crippen LogP contribution in [0.1, 0.15) is 48.0 Å². The van der Waals surface area contributed by atoms with Gasteiger partial charge in [0, 0.05) is 6.42 Å². The lowest BCUT2D eigenvalue weighted by Gasteiger charge is -2.27. The van der Waals surface area contributed by atoms with Gasteiger partial charge in [-0.1, -0.05) is 6.58 Å². The maximum absolute atomic E-state index is 12.6. The zero-order chi connectivity index (χ0) is 21.9. The zero-order valence-corrected chi connectivity index (χ0v) is 18.9. The van der Waals surface area contributed by atoms with Crippen LogP contribution in [-0.2, 0) is 32.6 Å². The van der Waals surface area contributed by atoms with Gasteiger partial charge in [-0.05, 0) is 41.5 Å². The van der Waals surface area contributed by atoms with Gasteiger partial charge in [0.05, 0.1) is 37.1 Å². The Balaban J connectivity index is 2.01. The van der Waals surface area contributed by atoms with Gasteiger partial charge in [-0.2, -0.15) is 0 Å². The maximum Gasteiger partial charge on any atom is 0.527 e. The van der Waals surface area contributed by atoms with Crippen molar-refractivity contribution in [3.05, 3.63) is 12.3 Å². The van der Waals surface area contributed by atoms with Crippen molar-refractivity contribution >= 4 is 7.82 Å². The first kappa shape index (κ1) is 24.8. The first-order valence-corrected chi connectivity index (χ1v) is 11.5. The van der Waals surface area contributed by atoms with E-state index < -0.39 is 38.3 Å². The number of hydrogen-bond donors (Lipinski definition) is 2. The van der Waals surface area contributed by atoms with Crippen molar-refractivity contribution in [1.82, 2.24) is 0 Å². The molecule has 0 spiro atoms. The van der Waals surface area contributed by atoms with Crippen molar-refractivity contribution in [2.45, 2.75) is 103 Å². The molecule has 29 heavy (non-hydrogen) atoms. The maximum atomic E-state index is 12.6. The van der Waals surface area contributed by atoms with Crippen LogP contribution in [0, 0.1) is 0 Å². The first-order chi connectivity index (χ1) is 13.4. The van der Waals surface area contributed by atoms with E-state index >= 15 is 0 Å². The molecule has 2 heterocycles. The SMILES string of the molecule is C=C(OP(=O)(O)OC1C(COC(C)C)OC(C)C1O)C1OC(C)CC1OC(C)C. The second-order valence-electron chi connectivity index (χ2n) is 8.17. The van der Waals surface area contributed by atoms with Crippen molar-refractivity contribution in [2.75, 3.05) is 6.61 Å². The Bertz CT molecular complexity index is 596. The average Bonchev–Trinajstić information content (AvgIpc) is 3.06. The zero-order valence-electron chi connectivity index (χ0n) is 18.0. The molecule has 2 aliphatic rings. The molecule has 8 atom stereocenters.